The van der Waals surface area contributed by atoms with Crippen LogP contribution in [0.4, 0.5) is 4.39 Å². The molecule has 1 aromatic heterocycles. The molecule has 5 heteroatoms. The lowest BCUT2D eigenvalue weighted by molar-refractivity contribution is 0.631. The molecule has 0 fully saturated rings. The molecule has 0 N–H and O–H groups in total. The van der Waals surface area contributed by atoms with Crippen molar-refractivity contribution in [2.45, 2.75) is 0 Å². The summed E-state index contributed by atoms with van der Waals surface area (Å²) in [5.41, 5.74) is 2.40. The number of hydrogen-bond acceptors (Lipinski definition) is 2. The van der Waals surface area contributed by atoms with Crippen molar-refractivity contribution >= 4 is 43.2 Å². The molecule has 3 aromatic rings. The van der Waals surface area contributed by atoms with E-state index < -0.39 is 0 Å². The summed E-state index contributed by atoms with van der Waals surface area (Å²) in [4.78, 5) is 4.52. The largest absolute Gasteiger partial charge is 0.236 e. The lowest BCUT2D eigenvalue weighted by Crippen LogP contribution is -1.84. The van der Waals surface area contributed by atoms with Crippen LogP contribution < -0.4 is 0 Å². The van der Waals surface area contributed by atoms with Crippen molar-refractivity contribution in [1.82, 2.24) is 4.98 Å². The summed E-state index contributed by atoms with van der Waals surface area (Å²) in [6.07, 6.45) is 0. The minimum absolute atomic E-state index is 0.259. The Bertz CT molecular complexity index is 753. The quantitative estimate of drug-likeness (QED) is 0.492. The molecule has 0 saturated carbocycles. The molecule has 0 spiro atoms. The molecule has 0 aliphatic heterocycles. The summed E-state index contributed by atoms with van der Waals surface area (Å²) in [6.45, 7) is 0. The van der Waals surface area contributed by atoms with E-state index in [4.69, 9.17) is 0 Å². The highest BCUT2D eigenvalue weighted by Gasteiger charge is 2.11. The van der Waals surface area contributed by atoms with Gasteiger partial charge in [-0.1, -0.05) is 44.0 Å². The Kier molecular flexibility index (Phi) is 4.01. The van der Waals surface area contributed by atoms with Gasteiger partial charge in [0.2, 0.25) is 0 Å². The van der Waals surface area contributed by atoms with Gasteiger partial charge < -0.3 is 0 Å². The summed E-state index contributed by atoms with van der Waals surface area (Å²) in [6, 6.07) is 12.8. The summed E-state index contributed by atoms with van der Waals surface area (Å²) in [7, 11) is 0. The van der Waals surface area contributed by atoms with Crippen LogP contribution in [-0.2, 0) is 0 Å². The van der Waals surface area contributed by atoms with Gasteiger partial charge in [0.05, 0.1) is 5.69 Å². The Hall–Kier alpha value is -1.04. The molecule has 0 radical (unpaired) electrons. The Morgan fingerprint density at radius 3 is 2.40 bits per heavy atom. The van der Waals surface area contributed by atoms with Gasteiger partial charge in [0, 0.05) is 25.5 Å². The van der Waals surface area contributed by atoms with Crippen LogP contribution in [0.1, 0.15) is 0 Å². The van der Waals surface area contributed by atoms with E-state index in [1.54, 1.807) is 12.1 Å². The maximum absolute atomic E-state index is 13.9. The van der Waals surface area contributed by atoms with Gasteiger partial charge in [0.25, 0.3) is 0 Å². The minimum atomic E-state index is -0.259. The maximum atomic E-state index is 13.9. The summed E-state index contributed by atoms with van der Waals surface area (Å²) < 4.78 is 15.7. The topological polar surface area (TPSA) is 12.9 Å². The zero-order valence-corrected chi connectivity index (χ0v) is 14.1. The number of benzene rings is 2. The normalized spacial score (nSPS) is 10.8. The first-order valence-corrected chi connectivity index (χ1v) is 8.27. The van der Waals surface area contributed by atoms with E-state index in [1.165, 1.54) is 17.4 Å². The van der Waals surface area contributed by atoms with Crippen molar-refractivity contribution in [3.63, 3.8) is 0 Å². The average Bonchev–Trinajstić information content (AvgIpc) is 2.92. The molecule has 0 aliphatic carbocycles. The predicted molar refractivity (Wildman–Crippen MR) is 88.3 cm³/mol. The molecule has 100 valence electrons. The molecule has 0 aliphatic rings. The van der Waals surface area contributed by atoms with Crippen LogP contribution in [-0.4, -0.2) is 4.98 Å². The van der Waals surface area contributed by atoms with Crippen LogP contribution in [0, 0.1) is 5.82 Å². The Morgan fingerprint density at radius 2 is 1.65 bits per heavy atom. The molecule has 0 amide bonds. The van der Waals surface area contributed by atoms with Crippen LogP contribution >= 0.6 is 43.2 Å². The number of aromatic nitrogens is 1. The number of thiazole rings is 1. The molecule has 0 atom stereocenters. The van der Waals surface area contributed by atoms with Crippen molar-refractivity contribution in [2.75, 3.05) is 0 Å². The standard InChI is InChI=1S/C15H8Br2FNS/c16-10-3-1-9(2-4-10)14-8-20-15(19-14)12-7-11(17)5-6-13(12)18/h1-8H. The first-order valence-electron chi connectivity index (χ1n) is 5.80. The second-order valence-electron chi connectivity index (χ2n) is 4.17. The molecule has 0 saturated heterocycles. The van der Waals surface area contributed by atoms with E-state index in [-0.39, 0.29) is 5.82 Å². The van der Waals surface area contributed by atoms with Gasteiger partial charge in [0.15, 0.2) is 0 Å². The fraction of sp³-hybridized carbons (Fsp3) is 0. The summed E-state index contributed by atoms with van der Waals surface area (Å²) in [5, 5.41) is 2.63. The van der Waals surface area contributed by atoms with Gasteiger partial charge in [-0.05, 0) is 30.3 Å². The third-order valence-corrected chi connectivity index (χ3v) is 4.70. The van der Waals surface area contributed by atoms with E-state index in [0.717, 1.165) is 20.2 Å². The maximum Gasteiger partial charge on any atom is 0.133 e. The predicted octanol–water partition coefficient (Wildman–Crippen LogP) is 6.14. The lowest BCUT2D eigenvalue weighted by Gasteiger charge is -2.00. The second kappa shape index (κ2) is 5.76. The van der Waals surface area contributed by atoms with Crippen LogP contribution in [0.25, 0.3) is 21.8 Å². The first-order chi connectivity index (χ1) is 9.63. The molecular formula is C15H8Br2FNS. The van der Waals surface area contributed by atoms with E-state index in [0.29, 0.717) is 10.6 Å². The Morgan fingerprint density at radius 1 is 0.950 bits per heavy atom. The van der Waals surface area contributed by atoms with Gasteiger partial charge >= 0.3 is 0 Å². The molecule has 2 aromatic carbocycles. The number of rotatable bonds is 2. The highest BCUT2D eigenvalue weighted by Crippen LogP contribution is 2.32. The molecule has 3 rings (SSSR count). The zero-order valence-electron chi connectivity index (χ0n) is 10.1. The number of hydrogen-bond donors (Lipinski definition) is 0. The van der Waals surface area contributed by atoms with Crippen molar-refractivity contribution in [1.29, 1.82) is 0 Å². The molecule has 0 bridgehead atoms. The number of halogens is 3. The Balaban J connectivity index is 2.01. The van der Waals surface area contributed by atoms with E-state index in [1.807, 2.05) is 29.6 Å². The van der Waals surface area contributed by atoms with Gasteiger partial charge in [-0.2, -0.15) is 0 Å². The first kappa shape index (κ1) is 13.9. The van der Waals surface area contributed by atoms with Crippen molar-refractivity contribution in [3.05, 3.63) is 62.6 Å². The van der Waals surface area contributed by atoms with Gasteiger partial charge in [-0.15, -0.1) is 11.3 Å². The summed E-state index contributed by atoms with van der Waals surface area (Å²) >= 11 is 8.20. The SMILES string of the molecule is Fc1ccc(Br)cc1-c1nc(-c2ccc(Br)cc2)cs1. The highest BCUT2D eigenvalue weighted by atomic mass is 79.9. The minimum Gasteiger partial charge on any atom is -0.236 e. The van der Waals surface area contributed by atoms with E-state index in [2.05, 4.69) is 36.8 Å². The molecule has 1 nitrogen and oxygen atoms in total. The highest BCUT2D eigenvalue weighted by molar-refractivity contribution is 9.10. The molecular weight excluding hydrogens is 405 g/mol. The van der Waals surface area contributed by atoms with E-state index in [9.17, 15) is 4.39 Å². The second-order valence-corrected chi connectivity index (χ2v) is 6.86. The van der Waals surface area contributed by atoms with Gasteiger partial charge in [-0.3, -0.25) is 0 Å². The molecule has 0 unspecified atom stereocenters. The third kappa shape index (κ3) is 2.85. The van der Waals surface area contributed by atoms with Crippen LogP contribution in [0.15, 0.2) is 56.8 Å². The lowest BCUT2D eigenvalue weighted by atomic mass is 10.2. The van der Waals surface area contributed by atoms with Gasteiger partial charge in [-0.25, -0.2) is 9.37 Å². The fourth-order valence-corrected chi connectivity index (χ4v) is 3.28. The van der Waals surface area contributed by atoms with Crippen molar-refractivity contribution < 1.29 is 4.39 Å². The fourth-order valence-electron chi connectivity index (χ4n) is 1.81. The summed E-state index contributed by atoms with van der Waals surface area (Å²) in [5.74, 6) is -0.259. The monoisotopic (exact) mass is 411 g/mol. The van der Waals surface area contributed by atoms with E-state index >= 15 is 0 Å². The van der Waals surface area contributed by atoms with Gasteiger partial charge in [0.1, 0.15) is 10.8 Å². The Labute approximate surface area is 136 Å². The van der Waals surface area contributed by atoms with Crippen LogP contribution in [0.5, 0.6) is 0 Å². The van der Waals surface area contributed by atoms with Crippen molar-refractivity contribution in [3.8, 4) is 21.8 Å². The average molecular weight is 413 g/mol. The third-order valence-electron chi connectivity index (χ3n) is 2.80. The van der Waals surface area contributed by atoms with Crippen LogP contribution in [0.3, 0.4) is 0 Å². The zero-order chi connectivity index (χ0) is 14.1. The van der Waals surface area contributed by atoms with Crippen LogP contribution in [0.2, 0.25) is 0 Å². The number of nitrogens with zero attached hydrogens (tertiary/aromatic N) is 1. The molecule has 1 heterocycles. The van der Waals surface area contributed by atoms with Crippen molar-refractivity contribution in [2.24, 2.45) is 0 Å². The molecule has 20 heavy (non-hydrogen) atoms. The smallest absolute Gasteiger partial charge is 0.133 e.